The van der Waals surface area contributed by atoms with Crippen molar-refractivity contribution in [3.63, 3.8) is 0 Å². The number of hydrogen-bond acceptors (Lipinski definition) is 3. The van der Waals surface area contributed by atoms with Crippen LogP contribution < -0.4 is 5.32 Å². The standard InChI is InChI=1S/C16H31NO2S/c1-4-12-17-15-14(10-7-11-16(15,2)3)20(18,19)13-8-5-6-9-13/h13-15,17H,4-12H2,1-3H3. The van der Waals surface area contributed by atoms with Crippen LogP contribution in [0.3, 0.4) is 0 Å². The Labute approximate surface area is 124 Å². The second kappa shape index (κ2) is 6.35. The minimum absolute atomic E-state index is 0.0627. The highest BCUT2D eigenvalue weighted by molar-refractivity contribution is 7.92. The van der Waals surface area contributed by atoms with Crippen LogP contribution in [-0.2, 0) is 9.84 Å². The molecule has 2 aliphatic rings. The highest BCUT2D eigenvalue weighted by atomic mass is 32.2. The normalized spacial score (nSPS) is 31.6. The molecule has 2 saturated carbocycles. The maximum atomic E-state index is 13.0. The van der Waals surface area contributed by atoms with E-state index in [1.165, 1.54) is 0 Å². The maximum absolute atomic E-state index is 13.0. The molecular formula is C16H31NO2S. The molecule has 3 nitrogen and oxygen atoms in total. The molecule has 2 fully saturated rings. The minimum Gasteiger partial charge on any atom is -0.312 e. The molecule has 0 aromatic rings. The van der Waals surface area contributed by atoms with Crippen LogP contribution >= 0.6 is 0 Å². The molecule has 0 aromatic heterocycles. The Morgan fingerprint density at radius 3 is 2.35 bits per heavy atom. The van der Waals surface area contributed by atoms with Crippen molar-refractivity contribution in [3.05, 3.63) is 0 Å². The number of nitrogens with one attached hydrogen (secondary N) is 1. The van der Waals surface area contributed by atoms with E-state index < -0.39 is 9.84 Å². The minimum atomic E-state index is -2.97. The monoisotopic (exact) mass is 301 g/mol. The predicted octanol–water partition coefficient (Wildman–Crippen LogP) is 3.29. The maximum Gasteiger partial charge on any atom is 0.157 e. The van der Waals surface area contributed by atoms with Crippen molar-refractivity contribution >= 4 is 9.84 Å². The Morgan fingerprint density at radius 1 is 1.10 bits per heavy atom. The van der Waals surface area contributed by atoms with E-state index in [1.807, 2.05) is 0 Å². The Hall–Kier alpha value is -0.0900. The van der Waals surface area contributed by atoms with Gasteiger partial charge in [-0.2, -0.15) is 0 Å². The van der Waals surface area contributed by atoms with Crippen LogP contribution in [-0.4, -0.2) is 31.5 Å². The zero-order valence-electron chi connectivity index (χ0n) is 13.3. The summed E-state index contributed by atoms with van der Waals surface area (Å²) in [6.45, 7) is 7.53. The second-order valence-electron chi connectivity index (χ2n) is 7.35. The van der Waals surface area contributed by atoms with E-state index in [0.717, 1.165) is 57.9 Å². The fourth-order valence-electron chi connectivity index (χ4n) is 4.11. The smallest absolute Gasteiger partial charge is 0.157 e. The number of hydrogen-bond donors (Lipinski definition) is 1. The van der Waals surface area contributed by atoms with Crippen molar-refractivity contribution in [1.29, 1.82) is 0 Å². The van der Waals surface area contributed by atoms with Gasteiger partial charge in [-0.3, -0.25) is 0 Å². The Balaban J connectivity index is 2.21. The van der Waals surface area contributed by atoms with Crippen molar-refractivity contribution in [1.82, 2.24) is 5.32 Å². The van der Waals surface area contributed by atoms with Gasteiger partial charge < -0.3 is 5.32 Å². The summed E-state index contributed by atoms with van der Waals surface area (Å²) in [5, 5.41) is 3.33. The third kappa shape index (κ3) is 3.22. The van der Waals surface area contributed by atoms with Crippen molar-refractivity contribution in [2.24, 2.45) is 5.41 Å². The molecule has 2 aliphatic carbocycles. The van der Waals surface area contributed by atoms with Crippen molar-refractivity contribution in [2.45, 2.75) is 88.7 Å². The Morgan fingerprint density at radius 2 is 1.75 bits per heavy atom. The van der Waals surface area contributed by atoms with Crippen molar-refractivity contribution in [2.75, 3.05) is 6.54 Å². The fourth-order valence-corrected chi connectivity index (χ4v) is 6.93. The van der Waals surface area contributed by atoms with Crippen LogP contribution in [0, 0.1) is 5.41 Å². The largest absolute Gasteiger partial charge is 0.312 e. The molecule has 0 bridgehead atoms. The van der Waals surface area contributed by atoms with Gasteiger partial charge in [-0.15, -0.1) is 0 Å². The third-order valence-electron chi connectivity index (χ3n) is 5.33. The molecule has 0 aromatic carbocycles. The van der Waals surface area contributed by atoms with Gasteiger partial charge in [0, 0.05) is 6.04 Å². The van der Waals surface area contributed by atoms with E-state index in [4.69, 9.17) is 0 Å². The highest BCUT2D eigenvalue weighted by Crippen LogP contribution is 2.41. The lowest BCUT2D eigenvalue weighted by Crippen LogP contribution is -2.56. The lowest BCUT2D eigenvalue weighted by Gasteiger charge is -2.45. The van der Waals surface area contributed by atoms with E-state index in [1.54, 1.807) is 0 Å². The van der Waals surface area contributed by atoms with Gasteiger partial charge in [0.25, 0.3) is 0 Å². The van der Waals surface area contributed by atoms with Gasteiger partial charge in [-0.1, -0.05) is 40.0 Å². The third-order valence-corrected chi connectivity index (χ3v) is 8.08. The molecule has 118 valence electrons. The van der Waals surface area contributed by atoms with E-state index in [2.05, 4.69) is 26.1 Å². The van der Waals surface area contributed by atoms with E-state index in [-0.39, 0.29) is 22.0 Å². The lowest BCUT2D eigenvalue weighted by molar-refractivity contribution is 0.170. The molecule has 2 atom stereocenters. The Bertz CT molecular complexity index is 410. The molecule has 0 aliphatic heterocycles. The van der Waals surface area contributed by atoms with Crippen LogP contribution in [0.15, 0.2) is 0 Å². The molecule has 20 heavy (non-hydrogen) atoms. The molecule has 2 rings (SSSR count). The first-order chi connectivity index (χ1) is 9.39. The van der Waals surface area contributed by atoms with Crippen LogP contribution in [0.4, 0.5) is 0 Å². The van der Waals surface area contributed by atoms with Crippen LogP contribution in [0.25, 0.3) is 0 Å². The molecule has 0 spiro atoms. The van der Waals surface area contributed by atoms with Gasteiger partial charge in [-0.05, 0) is 44.1 Å². The summed E-state index contributed by atoms with van der Waals surface area (Å²) in [7, 11) is -2.97. The zero-order valence-corrected chi connectivity index (χ0v) is 14.1. The summed E-state index contributed by atoms with van der Waals surface area (Å²) in [6.07, 6.45) is 8.05. The van der Waals surface area contributed by atoms with Gasteiger partial charge in [0.2, 0.25) is 0 Å². The van der Waals surface area contributed by atoms with Gasteiger partial charge in [-0.25, -0.2) is 8.42 Å². The van der Waals surface area contributed by atoms with E-state index >= 15 is 0 Å². The topological polar surface area (TPSA) is 46.2 Å². The van der Waals surface area contributed by atoms with Gasteiger partial charge in [0.15, 0.2) is 9.84 Å². The number of rotatable bonds is 5. The lowest BCUT2D eigenvalue weighted by atomic mass is 9.73. The molecular weight excluding hydrogens is 270 g/mol. The summed E-state index contributed by atoms with van der Waals surface area (Å²) in [5.74, 6) is 0. The van der Waals surface area contributed by atoms with Gasteiger partial charge in [0.05, 0.1) is 10.5 Å². The summed E-state index contributed by atoms with van der Waals surface area (Å²) in [5.41, 5.74) is 0.0871. The van der Waals surface area contributed by atoms with E-state index in [0.29, 0.717) is 0 Å². The quantitative estimate of drug-likeness (QED) is 0.847. The van der Waals surface area contributed by atoms with Gasteiger partial charge in [0.1, 0.15) is 0 Å². The average molecular weight is 301 g/mol. The second-order valence-corrected chi connectivity index (χ2v) is 9.80. The number of sulfone groups is 1. The van der Waals surface area contributed by atoms with Crippen molar-refractivity contribution < 1.29 is 8.42 Å². The Kier molecular flexibility index (Phi) is 5.17. The van der Waals surface area contributed by atoms with Crippen molar-refractivity contribution in [3.8, 4) is 0 Å². The molecule has 4 heteroatoms. The first kappa shape index (κ1) is 16.3. The molecule has 0 saturated heterocycles. The van der Waals surface area contributed by atoms with Gasteiger partial charge >= 0.3 is 0 Å². The fraction of sp³-hybridized carbons (Fsp3) is 1.00. The molecule has 0 amide bonds. The molecule has 1 N–H and O–H groups in total. The SMILES string of the molecule is CCCNC1C(S(=O)(=O)C2CCCC2)CCCC1(C)C. The average Bonchev–Trinajstić information content (AvgIpc) is 2.90. The molecule has 0 radical (unpaired) electrons. The first-order valence-corrected chi connectivity index (χ1v) is 9.96. The first-order valence-electron chi connectivity index (χ1n) is 8.35. The summed E-state index contributed by atoms with van der Waals surface area (Å²) >= 11 is 0. The van der Waals surface area contributed by atoms with Crippen LogP contribution in [0.5, 0.6) is 0 Å². The summed E-state index contributed by atoms with van der Waals surface area (Å²) in [4.78, 5) is 0. The van der Waals surface area contributed by atoms with Crippen LogP contribution in [0.2, 0.25) is 0 Å². The van der Waals surface area contributed by atoms with E-state index in [9.17, 15) is 8.42 Å². The highest BCUT2D eigenvalue weighted by Gasteiger charge is 2.47. The summed E-state index contributed by atoms with van der Waals surface area (Å²) < 4.78 is 26.0. The van der Waals surface area contributed by atoms with Crippen LogP contribution in [0.1, 0.15) is 72.1 Å². The molecule has 2 unspecified atom stereocenters. The zero-order chi connectivity index (χ0) is 14.8. The predicted molar refractivity (Wildman–Crippen MR) is 84.7 cm³/mol. The molecule has 0 heterocycles. The summed E-state index contributed by atoms with van der Waals surface area (Å²) in [6, 6.07) is 0.127.